The SMILES string of the molecule is O=C(COc1ccccc1)N1CCCCC1CCCl. The third-order valence-electron chi connectivity index (χ3n) is 3.50. The van der Waals surface area contributed by atoms with Crippen LogP contribution < -0.4 is 4.74 Å². The average molecular weight is 282 g/mol. The Morgan fingerprint density at radius 1 is 1.32 bits per heavy atom. The van der Waals surface area contributed by atoms with Crippen molar-refractivity contribution in [3.8, 4) is 5.75 Å². The molecule has 3 nitrogen and oxygen atoms in total. The molecule has 0 aromatic heterocycles. The van der Waals surface area contributed by atoms with Gasteiger partial charge in [0.05, 0.1) is 0 Å². The number of piperidine rings is 1. The summed E-state index contributed by atoms with van der Waals surface area (Å²) in [6.07, 6.45) is 4.20. The molecule has 1 fully saturated rings. The molecular weight excluding hydrogens is 262 g/mol. The van der Waals surface area contributed by atoms with Crippen LogP contribution in [0.2, 0.25) is 0 Å². The van der Waals surface area contributed by atoms with Crippen molar-refractivity contribution in [2.75, 3.05) is 19.0 Å². The predicted molar refractivity (Wildman–Crippen MR) is 76.6 cm³/mol. The molecule has 0 aliphatic carbocycles. The number of rotatable bonds is 5. The van der Waals surface area contributed by atoms with Gasteiger partial charge in [-0.1, -0.05) is 18.2 Å². The Labute approximate surface area is 119 Å². The minimum absolute atomic E-state index is 0.0682. The molecule has 2 rings (SSSR count). The summed E-state index contributed by atoms with van der Waals surface area (Å²) in [4.78, 5) is 14.2. The maximum Gasteiger partial charge on any atom is 0.260 e. The maximum absolute atomic E-state index is 12.2. The molecule has 0 bridgehead atoms. The van der Waals surface area contributed by atoms with Crippen LogP contribution in [0.25, 0.3) is 0 Å². The Morgan fingerprint density at radius 3 is 2.84 bits per heavy atom. The summed E-state index contributed by atoms with van der Waals surface area (Å²) in [6, 6.07) is 9.74. The average Bonchev–Trinajstić information content (AvgIpc) is 2.47. The highest BCUT2D eigenvalue weighted by Crippen LogP contribution is 2.20. The number of amides is 1. The summed E-state index contributed by atoms with van der Waals surface area (Å²) in [5.41, 5.74) is 0. The van der Waals surface area contributed by atoms with Crippen molar-refractivity contribution >= 4 is 17.5 Å². The monoisotopic (exact) mass is 281 g/mol. The summed E-state index contributed by atoms with van der Waals surface area (Å²) >= 11 is 5.81. The zero-order chi connectivity index (χ0) is 13.5. The number of carbonyl (C=O) groups excluding carboxylic acids is 1. The third-order valence-corrected chi connectivity index (χ3v) is 3.71. The summed E-state index contributed by atoms with van der Waals surface area (Å²) in [6.45, 7) is 0.946. The number of benzene rings is 1. The molecule has 0 spiro atoms. The Kier molecular flexibility index (Phi) is 5.52. The molecular formula is C15H20ClNO2. The first-order chi connectivity index (χ1) is 9.31. The molecule has 0 N–H and O–H groups in total. The second kappa shape index (κ2) is 7.39. The fraction of sp³-hybridized carbons (Fsp3) is 0.533. The summed E-state index contributed by atoms with van der Waals surface area (Å²) in [5.74, 6) is 1.41. The first-order valence-electron chi connectivity index (χ1n) is 6.84. The number of likely N-dealkylation sites (tertiary alicyclic amines) is 1. The summed E-state index contributed by atoms with van der Waals surface area (Å²) in [7, 11) is 0. The van der Waals surface area contributed by atoms with Gasteiger partial charge >= 0.3 is 0 Å². The van der Waals surface area contributed by atoms with Gasteiger partial charge in [0.15, 0.2) is 6.61 Å². The molecule has 1 aliphatic heterocycles. The molecule has 1 aliphatic rings. The van der Waals surface area contributed by atoms with Gasteiger partial charge in [0.25, 0.3) is 5.91 Å². The molecule has 1 heterocycles. The Balaban J connectivity index is 1.87. The van der Waals surface area contributed by atoms with Crippen molar-refractivity contribution in [2.45, 2.75) is 31.7 Å². The van der Waals surface area contributed by atoms with Crippen LogP contribution in [0.4, 0.5) is 0 Å². The van der Waals surface area contributed by atoms with Crippen LogP contribution in [0.15, 0.2) is 30.3 Å². The lowest BCUT2D eigenvalue weighted by Gasteiger charge is -2.35. The number of para-hydroxylation sites is 1. The van der Waals surface area contributed by atoms with E-state index in [2.05, 4.69) is 0 Å². The van der Waals surface area contributed by atoms with E-state index in [4.69, 9.17) is 16.3 Å². The van der Waals surface area contributed by atoms with Gasteiger partial charge in [0.2, 0.25) is 0 Å². The van der Waals surface area contributed by atoms with Crippen LogP contribution >= 0.6 is 11.6 Å². The van der Waals surface area contributed by atoms with E-state index >= 15 is 0 Å². The minimum atomic E-state index is 0.0682. The van der Waals surface area contributed by atoms with E-state index in [0.29, 0.717) is 5.88 Å². The molecule has 0 radical (unpaired) electrons. The fourth-order valence-corrected chi connectivity index (χ4v) is 2.75. The number of halogens is 1. The summed E-state index contributed by atoms with van der Waals surface area (Å²) < 4.78 is 5.52. The zero-order valence-corrected chi connectivity index (χ0v) is 11.8. The largest absolute Gasteiger partial charge is 0.484 e. The van der Waals surface area contributed by atoms with Crippen LogP contribution in [0.5, 0.6) is 5.75 Å². The number of nitrogens with zero attached hydrogens (tertiary/aromatic N) is 1. The van der Waals surface area contributed by atoms with Crippen LogP contribution in [0.3, 0.4) is 0 Å². The van der Waals surface area contributed by atoms with Crippen LogP contribution in [0, 0.1) is 0 Å². The van der Waals surface area contributed by atoms with E-state index in [9.17, 15) is 4.79 Å². The molecule has 1 aromatic rings. The highest BCUT2D eigenvalue weighted by Gasteiger charge is 2.26. The van der Waals surface area contributed by atoms with Crippen LogP contribution in [-0.4, -0.2) is 35.9 Å². The number of ether oxygens (including phenoxy) is 1. The number of alkyl halides is 1. The van der Waals surface area contributed by atoms with Crippen molar-refractivity contribution in [3.05, 3.63) is 30.3 Å². The quantitative estimate of drug-likeness (QED) is 0.776. The van der Waals surface area contributed by atoms with Gasteiger partial charge in [-0.05, 0) is 37.8 Å². The summed E-state index contributed by atoms with van der Waals surface area (Å²) in [5, 5.41) is 0. The highest BCUT2D eigenvalue weighted by molar-refractivity contribution is 6.17. The molecule has 4 heteroatoms. The van der Waals surface area contributed by atoms with Gasteiger partial charge in [-0.15, -0.1) is 11.6 Å². The van der Waals surface area contributed by atoms with Gasteiger partial charge in [0, 0.05) is 18.5 Å². The van der Waals surface area contributed by atoms with E-state index in [0.717, 1.165) is 31.6 Å². The fourth-order valence-electron chi connectivity index (χ4n) is 2.50. The topological polar surface area (TPSA) is 29.5 Å². The molecule has 0 saturated carbocycles. The Hall–Kier alpha value is -1.22. The molecule has 1 unspecified atom stereocenters. The third kappa shape index (κ3) is 4.13. The van der Waals surface area contributed by atoms with E-state index in [1.807, 2.05) is 35.2 Å². The van der Waals surface area contributed by atoms with E-state index in [1.165, 1.54) is 6.42 Å². The first-order valence-corrected chi connectivity index (χ1v) is 7.38. The van der Waals surface area contributed by atoms with E-state index in [-0.39, 0.29) is 18.6 Å². The van der Waals surface area contributed by atoms with Crippen molar-refractivity contribution in [3.63, 3.8) is 0 Å². The molecule has 104 valence electrons. The lowest BCUT2D eigenvalue weighted by Crippen LogP contribution is -2.46. The maximum atomic E-state index is 12.2. The molecule has 1 atom stereocenters. The predicted octanol–water partition coefficient (Wildman–Crippen LogP) is 3.08. The second-order valence-corrected chi connectivity index (χ2v) is 5.19. The van der Waals surface area contributed by atoms with Crippen molar-refractivity contribution in [2.24, 2.45) is 0 Å². The smallest absolute Gasteiger partial charge is 0.260 e. The van der Waals surface area contributed by atoms with Gasteiger partial charge in [0.1, 0.15) is 5.75 Å². The lowest BCUT2D eigenvalue weighted by atomic mass is 10.00. The van der Waals surface area contributed by atoms with Crippen molar-refractivity contribution in [1.82, 2.24) is 4.90 Å². The van der Waals surface area contributed by atoms with E-state index < -0.39 is 0 Å². The Morgan fingerprint density at radius 2 is 2.11 bits per heavy atom. The second-order valence-electron chi connectivity index (χ2n) is 4.82. The highest BCUT2D eigenvalue weighted by atomic mass is 35.5. The van der Waals surface area contributed by atoms with E-state index in [1.54, 1.807) is 0 Å². The van der Waals surface area contributed by atoms with Crippen molar-refractivity contribution in [1.29, 1.82) is 0 Å². The van der Waals surface area contributed by atoms with Gasteiger partial charge < -0.3 is 9.64 Å². The number of hydrogen-bond acceptors (Lipinski definition) is 2. The lowest BCUT2D eigenvalue weighted by molar-refractivity contribution is -0.137. The molecule has 1 saturated heterocycles. The van der Waals surface area contributed by atoms with Crippen LogP contribution in [-0.2, 0) is 4.79 Å². The van der Waals surface area contributed by atoms with Crippen LogP contribution in [0.1, 0.15) is 25.7 Å². The Bertz CT molecular complexity index is 394. The zero-order valence-electron chi connectivity index (χ0n) is 11.1. The van der Waals surface area contributed by atoms with Gasteiger partial charge in [-0.2, -0.15) is 0 Å². The number of carbonyl (C=O) groups is 1. The normalized spacial score (nSPS) is 19.2. The number of hydrogen-bond donors (Lipinski definition) is 0. The minimum Gasteiger partial charge on any atom is -0.484 e. The van der Waals surface area contributed by atoms with Gasteiger partial charge in [-0.25, -0.2) is 0 Å². The molecule has 1 amide bonds. The first kappa shape index (κ1) is 14.2. The standard InChI is InChI=1S/C15H20ClNO2/c16-10-9-13-6-4-5-11-17(13)15(18)12-19-14-7-2-1-3-8-14/h1-3,7-8,13H,4-6,9-12H2. The van der Waals surface area contributed by atoms with Gasteiger partial charge in [-0.3, -0.25) is 4.79 Å². The van der Waals surface area contributed by atoms with Crippen molar-refractivity contribution < 1.29 is 9.53 Å². The molecule has 19 heavy (non-hydrogen) atoms. The molecule has 1 aromatic carbocycles.